The van der Waals surface area contributed by atoms with Gasteiger partial charge in [-0.2, -0.15) is 10.4 Å². The van der Waals surface area contributed by atoms with Crippen LogP contribution >= 0.6 is 0 Å². The van der Waals surface area contributed by atoms with Gasteiger partial charge in [-0.15, -0.1) is 0 Å². The third-order valence-electron chi connectivity index (χ3n) is 1.95. The standard InChI is InChI=1S/C11H9N3/c1-9-7-13-14(8-9)11-4-2-3-10(5-11)6-12/h2-5,7-8H,1H3. The van der Waals surface area contributed by atoms with Gasteiger partial charge in [0.2, 0.25) is 0 Å². The lowest BCUT2D eigenvalue weighted by atomic mass is 10.2. The van der Waals surface area contributed by atoms with Gasteiger partial charge >= 0.3 is 0 Å². The summed E-state index contributed by atoms with van der Waals surface area (Å²) < 4.78 is 1.76. The molecule has 0 saturated heterocycles. The van der Waals surface area contributed by atoms with Crippen LogP contribution in [0.5, 0.6) is 0 Å². The van der Waals surface area contributed by atoms with E-state index in [9.17, 15) is 0 Å². The van der Waals surface area contributed by atoms with Crippen LogP contribution < -0.4 is 0 Å². The van der Waals surface area contributed by atoms with Crippen LogP contribution in [0.3, 0.4) is 0 Å². The van der Waals surface area contributed by atoms with E-state index < -0.39 is 0 Å². The molecule has 0 bridgehead atoms. The molecule has 2 rings (SSSR count). The van der Waals surface area contributed by atoms with Crippen LogP contribution in [0.4, 0.5) is 0 Å². The predicted molar refractivity (Wildman–Crippen MR) is 53.0 cm³/mol. The van der Waals surface area contributed by atoms with E-state index in [-0.39, 0.29) is 0 Å². The first-order chi connectivity index (χ1) is 6.79. The summed E-state index contributed by atoms with van der Waals surface area (Å²) in [4.78, 5) is 0. The molecule has 1 heterocycles. The minimum atomic E-state index is 0.649. The van der Waals surface area contributed by atoms with Crippen molar-refractivity contribution in [3.05, 3.63) is 47.8 Å². The van der Waals surface area contributed by atoms with E-state index in [1.54, 1.807) is 16.9 Å². The van der Waals surface area contributed by atoms with Crippen molar-refractivity contribution in [2.24, 2.45) is 0 Å². The minimum absolute atomic E-state index is 0.649. The molecule has 0 spiro atoms. The molecule has 1 aromatic heterocycles. The molecule has 0 aliphatic rings. The lowest BCUT2D eigenvalue weighted by molar-refractivity contribution is 0.880. The summed E-state index contributed by atoms with van der Waals surface area (Å²) in [6.45, 7) is 1.98. The summed E-state index contributed by atoms with van der Waals surface area (Å²) in [5.41, 5.74) is 2.67. The molecule has 0 aliphatic carbocycles. The first-order valence-corrected chi connectivity index (χ1v) is 4.31. The second kappa shape index (κ2) is 3.35. The molecule has 0 atom stereocenters. The zero-order chi connectivity index (χ0) is 9.97. The van der Waals surface area contributed by atoms with Gasteiger partial charge in [-0.05, 0) is 30.7 Å². The van der Waals surface area contributed by atoms with Gasteiger partial charge in [0.25, 0.3) is 0 Å². The van der Waals surface area contributed by atoms with Crippen molar-refractivity contribution in [1.29, 1.82) is 5.26 Å². The lowest BCUT2D eigenvalue weighted by Crippen LogP contribution is -1.93. The summed E-state index contributed by atoms with van der Waals surface area (Å²) >= 11 is 0. The molecule has 68 valence electrons. The fourth-order valence-corrected chi connectivity index (χ4v) is 1.27. The number of hydrogen-bond acceptors (Lipinski definition) is 2. The van der Waals surface area contributed by atoms with Gasteiger partial charge in [-0.25, -0.2) is 4.68 Å². The molecule has 0 radical (unpaired) electrons. The summed E-state index contributed by atoms with van der Waals surface area (Å²) in [6.07, 6.45) is 3.72. The Morgan fingerprint density at radius 3 is 2.93 bits per heavy atom. The summed E-state index contributed by atoms with van der Waals surface area (Å²) in [5, 5.41) is 12.9. The number of nitriles is 1. The van der Waals surface area contributed by atoms with Crippen molar-refractivity contribution in [2.45, 2.75) is 6.92 Å². The molecule has 2 aromatic rings. The van der Waals surface area contributed by atoms with E-state index in [1.807, 2.05) is 31.3 Å². The fraction of sp³-hybridized carbons (Fsp3) is 0.0909. The molecule has 3 heteroatoms. The van der Waals surface area contributed by atoms with Gasteiger partial charge in [0, 0.05) is 6.20 Å². The van der Waals surface area contributed by atoms with E-state index in [1.165, 1.54) is 0 Å². The molecular formula is C11H9N3. The third kappa shape index (κ3) is 1.50. The quantitative estimate of drug-likeness (QED) is 0.679. The number of benzene rings is 1. The maximum absolute atomic E-state index is 8.73. The maximum atomic E-state index is 8.73. The summed E-state index contributed by atoms with van der Waals surface area (Å²) in [7, 11) is 0. The van der Waals surface area contributed by atoms with Crippen LogP contribution in [-0.2, 0) is 0 Å². The summed E-state index contributed by atoms with van der Waals surface area (Å²) in [5.74, 6) is 0. The normalized spacial score (nSPS) is 9.71. The maximum Gasteiger partial charge on any atom is 0.0992 e. The number of hydrogen-bond donors (Lipinski definition) is 0. The molecule has 1 aromatic carbocycles. The van der Waals surface area contributed by atoms with Crippen LogP contribution in [0.15, 0.2) is 36.7 Å². The second-order valence-corrected chi connectivity index (χ2v) is 3.12. The molecule has 0 unspecified atom stereocenters. The first-order valence-electron chi connectivity index (χ1n) is 4.31. The molecular weight excluding hydrogens is 174 g/mol. The number of nitrogens with zero attached hydrogens (tertiary/aromatic N) is 3. The van der Waals surface area contributed by atoms with Crippen LogP contribution in [0.1, 0.15) is 11.1 Å². The van der Waals surface area contributed by atoms with Gasteiger partial charge in [0.15, 0.2) is 0 Å². The Hall–Kier alpha value is -2.08. The van der Waals surface area contributed by atoms with Gasteiger partial charge in [0.05, 0.1) is 23.5 Å². The van der Waals surface area contributed by atoms with E-state index in [2.05, 4.69) is 11.2 Å². The highest BCUT2D eigenvalue weighted by molar-refractivity contribution is 5.40. The highest BCUT2D eigenvalue weighted by Crippen LogP contribution is 2.09. The lowest BCUT2D eigenvalue weighted by Gasteiger charge is -2.00. The van der Waals surface area contributed by atoms with Crippen molar-refractivity contribution in [2.75, 3.05) is 0 Å². The average Bonchev–Trinajstić information content (AvgIpc) is 2.65. The summed E-state index contributed by atoms with van der Waals surface area (Å²) in [6, 6.07) is 9.47. The molecule has 0 fully saturated rings. The van der Waals surface area contributed by atoms with Crippen LogP contribution in [0, 0.1) is 18.3 Å². The number of rotatable bonds is 1. The highest BCUT2D eigenvalue weighted by atomic mass is 15.3. The number of aromatic nitrogens is 2. The van der Waals surface area contributed by atoms with Gasteiger partial charge in [0.1, 0.15) is 0 Å². The minimum Gasteiger partial charge on any atom is -0.241 e. The number of aryl methyl sites for hydroxylation is 1. The Balaban J connectivity index is 2.47. The van der Waals surface area contributed by atoms with Gasteiger partial charge < -0.3 is 0 Å². The largest absolute Gasteiger partial charge is 0.241 e. The molecule has 0 amide bonds. The van der Waals surface area contributed by atoms with Crippen molar-refractivity contribution in [1.82, 2.24) is 9.78 Å². The van der Waals surface area contributed by atoms with Gasteiger partial charge in [-0.1, -0.05) is 6.07 Å². The Morgan fingerprint density at radius 2 is 2.29 bits per heavy atom. The monoisotopic (exact) mass is 183 g/mol. The highest BCUT2D eigenvalue weighted by Gasteiger charge is 1.98. The zero-order valence-corrected chi connectivity index (χ0v) is 7.81. The van der Waals surface area contributed by atoms with Crippen LogP contribution in [0.25, 0.3) is 5.69 Å². The van der Waals surface area contributed by atoms with E-state index in [0.29, 0.717) is 5.56 Å². The topological polar surface area (TPSA) is 41.6 Å². The van der Waals surface area contributed by atoms with Crippen molar-refractivity contribution in [3.63, 3.8) is 0 Å². The SMILES string of the molecule is Cc1cnn(-c2cccc(C#N)c2)c1. The Labute approximate surface area is 82.2 Å². The second-order valence-electron chi connectivity index (χ2n) is 3.12. The third-order valence-corrected chi connectivity index (χ3v) is 1.95. The van der Waals surface area contributed by atoms with E-state index >= 15 is 0 Å². The van der Waals surface area contributed by atoms with E-state index in [0.717, 1.165) is 11.3 Å². The molecule has 14 heavy (non-hydrogen) atoms. The molecule has 0 aliphatic heterocycles. The molecule has 3 nitrogen and oxygen atoms in total. The first kappa shape index (κ1) is 8.52. The molecule has 0 N–H and O–H groups in total. The van der Waals surface area contributed by atoms with Crippen LogP contribution in [0.2, 0.25) is 0 Å². The molecule has 0 saturated carbocycles. The van der Waals surface area contributed by atoms with Gasteiger partial charge in [-0.3, -0.25) is 0 Å². The predicted octanol–water partition coefficient (Wildman–Crippen LogP) is 2.05. The Bertz CT molecular complexity index is 491. The van der Waals surface area contributed by atoms with Crippen molar-refractivity contribution in [3.8, 4) is 11.8 Å². The van der Waals surface area contributed by atoms with Crippen molar-refractivity contribution < 1.29 is 0 Å². The van der Waals surface area contributed by atoms with Crippen LogP contribution in [-0.4, -0.2) is 9.78 Å². The smallest absolute Gasteiger partial charge is 0.0992 e. The van der Waals surface area contributed by atoms with Crippen molar-refractivity contribution >= 4 is 0 Å². The average molecular weight is 183 g/mol. The fourth-order valence-electron chi connectivity index (χ4n) is 1.27. The Morgan fingerprint density at radius 1 is 1.43 bits per heavy atom. The van der Waals surface area contributed by atoms with E-state index in [4.69, 9.17) is 5.26 Å². The Kier molecular flexibility index (Phi) is 2.04. The zero-order valence-electron chi connectivity index (χ0n) is 7.81.